The Bertz CT molecular complexity index is 325. The Morgan fingerprint density at radius 3 is 2.17 bits per heavy atom. The summed E-state index contributed by atoms with van der Waals surface area (Å²) in [5, 5.41) is 9.79. The van der Waals surface area contributed by atoms with Crippen molar-refractivity contribution in [1.82, 2.24) is 9.80 Å². The van der Waals surface area contributed by atoms with Gasteiger partial charge in [0.1, 0.15) is 0 Å². The molecule has 0 radical (unpaired) electrons. The van der Waals surface area contributed by atoms with E-state index in [1.165, 1.54) is 0 Å². The van der Waals surface area contributed by atoms with Crippen LogP contribution in [0, 0.1) is 11.3 Å². The van der Waals surface area contributed by atoms with Gasteiger partial charge in [-0.3, -0.25) is 9.69 Å². The third-order valence-corrected chi connectivity index (χ3v) is 4.11. The van der Waals surface area contributed by atoms with E-state index in [1.807, 2.05) is 18.7 Å². The summed E-state index contributed by atoms with van der Waals surface area (Å²) in [6, 6.07) is 0. The number of hydrogen-bond acceptors (Lipinski definition) is 3. The lowest BCUT2D eigenvalue weighted by Gasteiger charge is -2.37. The van der Waals surface area contributed by atoms with Gasteiger partial charge in [-0.1, -0.05) is 13.8 Å². The van der Waals surface area contributed by atoms with Gasteiger partial charge in [-0.25, -0.2) is 0 Å². The van der Waals surface area contributed by atoms with E-state index in [4.69, 9.17) is 0 Å². The van der Waals surface area contributed by atoms with Gasteiger partial charge in [-0.05, 0) is 25.7 Å². The standard InChI is InChI=1S/C14H26N2O2/c1-13(2)9-11(13)12(17)16-7-5-15(6-8-16)10-14(3,4)18/h11,18H,5-10H2,1-4H3. The quantitative estimate of drug-likeness (QED) is 0.815. The second kappa shape index (κ2) is 4.49. The van der Waals surface area contributed by atoms with Crippen molar-refractivity contribution in [2.45, 2.75) is 39.7 Å². The van der Waals surface area contributed by atoms with Crippen LogP contribution in [-0.2, 0) is 4.79 Å². The molecule has 104 valence electrons. The maximum atomic E-state index is 12.2. The maximum Gasteiger partial charge on any atom is 0.226 e. The average molecular weight is 254 g/mol. The number of rotatable bonds is 3. The van der Waals surface area contributed by atoms with Crippen LogP contribution >= 0.6 is 0 Å². The monoisotopic (exact) mass is 254 g/mol. The van der Waals surface area contributed by atoms with E-state index in [1.54, 1.807) is 0 Å². The van der Waals surface area contributed by atoms with Crippen LogP contribution in [0.3, 0.4) is 0 Å². The van der Waals surface area contributed by atoms with Crippen LogP contribution in [0.15, 0.2) is 0 Å². The molecule has 2 aliphatic rings. The van der Waals surface area contributed by atoms with Gasteiger partial charge < -0.3 is 10.0 Å². The van der Waals surface area contributed by atoms with Crippen LogP contribution in [0.1, 0.15) is 34.1 Å². The maximum absolute atomic E-state index is 12.2. The molecular weight excluding hydrogens is 228 g/mol. The summed E-state index contributed by atoms with van der Waals surface area (Å²) in [5.74, 6) is 0.584. The van der Waals surface area contributed by atoms with E-state index in [9.17, 15) is 9.90 Å². The molecule has 1 atom stereocenters. The zero-order valence-corrected chi connectivity index (χ0v) is 12.1. The van der Waals surface area contributed by atoms with Gasteiger partial charge in [-0.2, -0.15) is 0 Å². The average Bonchev–Trinajstić information content (AvgIpc) is 2.85. The number of aliphatic hydroxyl groups is 1. The van der Waals surface area contributed by atoms with Gasteiger partial charge in [0, 0.05) is 38.6 Å². The zero-order chi connectivity index (χ0) is 13.6. The van der Waals surface area contributed by atoms with Crippen LogP contribution < -0.4 is 0 Å². The van der Waals surface area contributed by atoms with Crippen molar-refractivity contribution in [2.24, 2.45) is 11.3 Å². The molecule has 1 saturated heterocycles. The fraction of sp³-hybridized carbons (Fsp3) is 0.929. The Balaban J connectivity index is 1.79. The lowest BCUT2D eigenvalue weighted by atomic mass is 10.1. The van der Waals surface area contributed by atoms with Gasteiger partial charge in [-0.15, -0.1) is 0 Å². The minimum absolute atomic E-state index is 0.224. The lowest BCUT2D eigenvalue weighted by Crippen LogP contribution is -2.52. The van der Waals surface area contributed by atoms with Crippen molar-refractivity contribution in [2.75, 3.05) is 32.7 Å². The number of hydrogen-bond donors (Lipinski definition) is 1. The Morgan fingerprint density at radius 1 is 1.28 bits per heavy atom. The topological polar surface area (TPSA) is 43.8 Å². The Labute approximate surface area is 110 Å². The molecule has 1 N–H and O–H groups in total. The number of β-amino-alcohol motifs (C(OH)–C–C–N with tert-alkyl or cyclic N) is 1. The molecule has 4 heteroatoms. The summed E-state index contributed by atoms with van der Waals surface area (Å²) in [6.45, 7) is 12.0. The molecule has 1 unspecified atom stereocenters. The molecule has 1 amide bonds. The number of piperazine rings is 1. The summed E-state index contributed by atoms with van der Waals surface area (Å²) in [4.78, 5) is 16.5. The predicted octanol–water partition coefficient (Wildman–Crippen LogP) is 0.948. The van der Waals surface area contributed by atoms with Gasteiger partial charge in [0.15, 0.2) is 0 Å². The minimum Gasteiger partial charge on any atom is -0.389 e. The zero-order valence-electron chi connectivity index (χ0n) is 12.1. The van der Waals surface area contributed by atoms with Crippen molar-refractivity contribution in [1.29, 1.82) is 0 Å². The predicted molar refractivity (Wildman–Crippen MR) is 71.2 cm³/mol. The third-order valence-electron chi connectivity index (χ3n) is 4.11. The van der Waals surface area contributed by atoms with E-state index in [0.29, 0.717) is 12.5 Å². The summed E-state index contributed by atoms with van der Waals surface area (Å²) >= 11 is 0. The number of carbonyl (C=O) groups is 1. The molecule has 4 nitrogen and oxygen atoms in total. The fourth-order valence-electron chi connectivity index (χ4n) is 2.78. The molecule has 18 heavy (non-hydrogen) atoms. The summed E-state index contributed by atoms with van der Waals surface area (Å²) in [7, 11) is 0. The first kappa shape index (κ1) is 13.8. The molecular formula is C14H26N2O2. The van der Waals surface area contributed by atoms with Crippen LogP contribution in [0.4, 0.5) is 0 Å². The van der Waals surface area contributed by atoms with Crippen molar-refractivity contribution < 1.29 is 9.90 Å². The molecule has 0 bridgehead atoms. The first-order valence-electron chi connectivity index (χ1n) is 6.93. The van der Waals surface area contributed by atoms with Gasteiger partial charge in [0.25, 0.3) is 0 Å². The van der Waals surface area contributed by atoms with Crippen molar-refractivity contribution in [3.05, 3.63) is 0 Å². The number of amides is 1. The van der Waals surface area contributed by atoms with E-state index in [2.05, 4.69) is 18.7 Å². The first-order valence-corrected chi connectivity index (χ1v) is 6.93. The molecule has 0 aromatic heterocycles. The van der Waals surface area contributed by atoms with Crippen molar-refractivity contribution in [3.63, 3.8) is 0 Å². The van der Waals surface area contributed by atoms with Gasteiger partial charge in [0.2, 0.25) is 5.91 Å². The summed E-state index contributed by atoms with van der Waals surface area (Å²) in [5.41, 5.74) is -0.425. The number of nitrogens with zero attached hydrogens (tertiary/aromatic N) is 2. The molecule has 0 aromatic rings. The van der Waals surface area contributed by atoms with E-state index in [0.717, 1.165) is 32.6 Å². The highest BCUT2D eigenvalue weighted by atomic mass is 16.3. The van der Waals surface area contributed by atoms with E-state index in [-0.39, 0.29) is 11.3 Å². The van der Waals surface area contributed by atoms with Crippen molar-refractivity contribution in [3.8, 4) is 0 Å². The lowest BCUT2D eigenvalue weighted by molar-refractivity contribution is -0.135. The highest BCUT2D eigenvalue weighted by Crippen LogP contribution is 2.52. The Kier molecular flexibility index (Phi) is 3.45. The highest BCUT2D eigenvalue weighted by molar-refractivity contribution is 5.82. The third kappa shape index (κ3) is 3.23. The van der Waals surface area contributed by atoms with Crippen LogP contribution in [-0.4, -0.2) is 59.1 Å². The SMILES string of the molecule is CC(C)(O)CN1CCN(C(=O)C2CC2(C)C)CC1. The van der Waals surface area contributed by atoms with E-state index >= 15 is 0 Å². The highest BCUT2D eigenvalue weighted by Gasteiger charge is 2.52. The molecule has 1 saturated carbocycles. The normalized spacial score (nSPS) is 28.3. The van der Waals surface area contributed by atoms with Gasteiger partial charge in [0.05, 0.1) is 5.60 Å². The summed E-state index contributed by atoms with van der Waals surface area (Å²) < 4.78 is 0. The largest absolute Gasteiger partial charge is 0.389 e. The fourth-order valence-corrected chi connectivity index (χ4v) is 2.78. The number of carbonyl (C=O) groups excluding carboxylic acids is 1. The second-order valence-electron chi connectivity index (χ2n) is 7.16. The second-order valence-corrected chi connectivity index (χ2v) is 7.16. The molecule has 2 rings (SSSR count). The molecule has 1 heterocycles. The van der Waals surface area contributed by atoms with Crippen molar-refractivity contribution >= 4 is 5.91 Å². The Hall–Kier alpha value is -0.610. The Morgan fingerprint density at radius 2 is 1.78 bits per heavy atom. The first-order chi connectivity index (χ1) is 8.19. The molecule has 1 aliphatic carbocycles. The summed E-state index contributed by atoms with van der Waals surface area (Å²) in [6.07, 6.45) is 1.04. The van der Waals surface area contributed by atoms with E-state index < -0.39 is 5.60 Å². The molecule has 1 aliphatic heterocycles. The van der Waals surface area contributed by atoms with Gasteiger partial charge >= 0.3 is 0 Å². The van der Waals surface area contributed by atoms with Crippen LogP contribution in [0.2, 0.25) is 0 Å². The smallest absolute Gasteiger partial charge is 0.226 e. The van der Waals surface area contributed by atoms with Crippen LogP contribution in [0.25, 0.3) is 0 Å². The molecule has 0 aromatic carbocycles. The minimum atomic E-state index is -0.648. The van der Waals surface area contributed by atoms with Crippen LogP contribution in [0.5, 0.6) is 0 Å². The molecule has 0 spiro atoms. The molecule has 2 fully saturated rings.